The minimum Gasteiger partial charge on any atom is -0.311 e. The van der Waals surface area contributed by atoms with E-state index in [1.165, 1.54) is 57.2 Å². The van der Waals surface area contributed by atoms with Gasteiger partial charge in [-0.3, -0.25) is 4.90 Å². The third kappa shape index (κ3) is 3.42. The van der Waals surface area contributed by atoms with E-state index < -0.39 is 0 Å². The molecule has 20 heavy (non-hydrogen) atoms. The van der Waals surface area contributed by atoms with Gasteiger partial charge in [-0.05, 0) is 50.6 Å². The van der Waals surface area contributed by atoms with Gasteiger partial charge in [-0.15, -0.1) is 0 Å². The molecule has 0 radical (unpaired) electrons. The Hall–Kier alpha value is -0.860. The first-order valence-corrected chi connectivity index (χ1v) is 8.39. The number of fused-ring (bicyclic) bond motifs is 2. The maximum absolute atomic E-state index is 3.76. The predicted octanol–water partition coefficient (Wildman–Crippen LogP) is 3.22. The second kappa shape index (κ2) is 6.73. The van der Waals surface area contributed by atoms with Gasteiger partial charge in [0.1, 0.15) is 0 Å². The number of benzene rings is 1. The van der Waals surface area contributed by atoms with Crippen molar-refractivity contribution in [1.82, 2.24) is 10.2 Å². The Balaban J connectivity index is 1.57. The summed E-state index contributed by atoms with van der Waals surface area (Å²) in [6.45, 7) is 4.80. The molecule has 2 nitrogen and oxygen atoms in total. The van der Waals surface area contributed by atoms with Crippen molar-refractivity contribution in [2.75, 3.05) is 13.1 Å². The molecular formula is C18H28N2. The average Bonchev–Trinajstić information content (AvgIpc) is 2.83. The number of hydrogen-bond donors (Lipinski definition) is 1. The van der Waals surface area contributed by atoms with Crippen LogP contribution in [0.2, 0.25) is 0 Å². The van der Waals surface area contributed by atoms with E-state index in [0.717, 1.165) is 18.1 Å². The van der Waals surface area contributed by atoms with Crippen LogP contribution in [0, 0.1) is 0 Å². The van der Waals surface area contributed by atoms with E-state index in [-0.39, 0.29) is 0 Å². The second-order valence-electron chi connectivity index (χ2n) is 6.53. The largest absolute Gasteiger partial charge is 0.311 e. The quantitative estimate of drug-likeness (QED) is 0.855. The van der Waals surface area contributed by atoms with Gasteiger partial charge in [0.05, 0.1) is 0 Å². The molecule has 1 aromatic carbocycles. The first kappa shape index (κ1) is 14.1. The van der Waals surface area contributed by atoms with E-state index in [9.17, 15) is 0 Å². The maximum Gasteiger partial charge on any atom is 0.0125 e. The van der Waals surface area contributed by atoms with Crippen molar-refractivity contribution in [2.24, 2.45) is 0 Å². The van der Waals surface area contributed by atoms with Gasteiger partial charge in [0, 0.05) is 24.7 Å². The molecule has 0 saturated carbocycles. The lowest BCUT2D eigenvalue weighted by molar-refractivity contribution is 0.142. The zero-order valence-corrected chi connectivity index (χ0v) is 12.7. The molecule has 1 N–H and O–H groups in total. The summed E-state index contributed by atoms with van der Waals surface area (Å²) >= 11 is 0. The molecule has 2 fully saturated rings. The Labute approximate surface area is 123 Å². The number of rotatable bonds is 6. The van der Waals surface area contributed by atoms with Crippen LogP contribution in [0.25, 0.3) is 0 Å². The minimum atomic E-state index is 0.801. The predicted molar refractivity (Wildman–Crippen MR) is 85.0 cm³/mol. The molecule has 3 rings (SSSR count). The van der Waals surface area contributed by atoms with E-state index in [1.807, 2.05) is 0 Å². The summed E-state index contributed by atoms with van der Waals surface area (Å²) in [5.74, 6) is 0. The number of piperidine rings is 1. The standard InChI is InChI=1S/C18H28N2/c1-2-11-20(12-10-15-6-4-3-5-7-15)18-13-16-8-9-17(14-18)19-16/h3-7,16-19H,2,8-14H2,1H3. The highest BCUT2D eigenvalue weighted by Gasteiger charge is 2.35. The van der Waals surface area contributed by atoms with E-state index in [0.29, 0.717) is 0 Å². The first-order chi connectivity index (χ1) is 9.85. The average molecular weight is 272 g/mol. The van der Waals surface area contributed by atoms with Gasteiger partial charge < -0.3 is 5.32 Å². The van der Waals surface area contributed by atoms with Crippen molar-refractivity contribution < 1.29 is 0 Å². The molecule has 0 amide bonds. The number of hydrogen-bond acceptors (Lipinski definition) is 2. The summed E-state index contributed by atoms with van der Waals surface area (Å²) in [7, 11) is 0. The fraction of sp³-hybridized carbons (Fsp3) is 0.667. The lowest BCUT2D eigenvalue weighted by atomic mass is 9.97. The Kier molecular flexibility index (Phi) is 4.74. The van der Waals surface area contributed by atoms with Gasteiger partial charge in [0.25, 0.3) is 0 Å². The van der Waals surface area contributed by atoms with Gasteiger partial charge in [-0.2, -0.15) is 0 Å². The normalized spacial score (nSPS) is 29.0. The van der Waals surface area contributed by atoms with E-state index in [4.69, 9.17) is 0 Å². The van der Waals surface area contributed by atoms with Crippen molar-refractivity contribution in [1.29, 1.82) is 0 Å². The van der Waals surface area contributed by atoms with Crippen LogP contribution >= 0.6 is 0 Å². The highest BCUT2D eigenvalue weighted by molar-refractivity contribution is 5.15. The van der Waals surface area contributed by atoms with Crippen molar-refractivity contribution in [3.63, 3.8) is 0 Å². The molecule has 2 atom stereocenters. The Morgan fingerprint density at radius 2 is 1.75 bits per heavy atom. The minimum absolute atomic E-state index is 0.801. The lowest BCUT2D eigenvalue weighted by Gasteiger charge is -2.37. The van der Waals surface area contributed by atoms with Crippen LogP contribution in [-0.4, -0.2) is 36.1 Å². The molecular weight excluding hydrogens is 244 g/mol. The van der Waals surface area contributed by atoms with Crippen LogP contribution in [-0.2, 0) is 6.42 Å². The Bertz CT molecular complexity index is 391. The van der Waals surface area contributed by atoms with Crippen molar-refractivity contribution in [2.45, 2.75) is 63.6 Å². The van der Waals surface area contributed by atoms with Gasteiger partial charge in [0.2, 0.25) is 0 Å². The van der Waals surface area contributed by atoms with Crippen molar-refractivity contribution in [3.05, 3.63) is 35.9 Å². The fourth-order valence-electron chi connectivity index (χ4n) is 4.01. The van der Waals surface area contributed by atoms with Gasteiger partial charge in [0.15, 0.2) is 0 Å². The molecule has 0 aromatic heterocycles. The Morgan fingerprint density at radius 3 is 2.40 bits per heavy atom. The molecule has 2 aliphatic rings. The van der Waals surface area contributed by atoms with Crippen molar-refractivity contribution >= 4 is 0 Å². The number of nitrogens with one attached hydrogen (secondary N) is 1. The van der Waals surface area contributed by atoms with Crippen LogP contribution in [0.3, 0.4) is 0 Å². The molecule has 110 valence electrons. The highest BCUT2D eigenvalue weighted by atomic mass is 15.2. The van der Waals surface area contributed by atoms with Crippen LogP contribution in [0.15, 0.2) is 30.3 Å². The lowest BCUT2D eigenvalue weighted by Crippen LogP contribution is -2.49. The molecule has 0 spiro atoms. The topological polar surface area (TPSA) is 15.3 Å². The zero-order chi connectivity index (χ0) is 13.8. The summed E-state index contributed by atoms with van der Waals surface area (Å²) in [5, 5.41) is 3.76. The van der Waals surface area contributed by atoms with Crippen LogP contribution in [0.5, 0.6) is 0 Å². The number of nitrogens with zero attached hydrogens (tertiary/aromatic N) is 1. The van der Waals surface area contributed by atoms with Crippen LogP contribution in [0.1, 0.15) is 44.6 Å². The van der Waals surface area contributed by atoms with Gasteiger partial charge >= 0.3 is 0 Å². The van der Waals surface area contributed by atoms with E-state index in [1.54, 1.807) is 0 Å². The summed E-state index contributed by atoms with van der Waals surface area (Å²) in [5.41, 5.74) is 1.48. The molecule has 2 heterocycles. The first-order valence-electron chi connectivity index (χ1n) is 8.39. The molecule has 2 unspecified atom stereocenters. The fourth-order valence-corrected chi connectivity index (χ4v) is 4.01. The zero-order valence-electron chi connectivity index (χ0n) is 12.7. The third-order valence-electron chi connectivity index (χ3n) is 5.01. The molecule has 0 aliphatic carbocycles. The van der Waals surface area contributed by atoms with Crippen molar-refractivity contribution in [3.8, 4) is 0 Å². The summed E-state index contributed by atoms with van der Waals surface area (Å²) in [4.78, 5) is 2.76. The smallest absolute Gasteiger partial charge is 0.0125 e. The second-order valence-corrected chi connectivity index (χ2v) is 6.53. The molecule has 2 aliphatic heterocycles. The summed E-state index contributed by atoms with van der Waals surface area (Å²) < 4.78 is 0. The van der Waals surface area contributed by atoms with Crippen LogP contribution in [0.4, 0.5) is 0 Å². The molecule has 2 saturated heterocycles. The molecule has 2 bridgehead atoms. The van der Waals surface area contributed by atoms with Gasteiger partial charge in [-0.25, -0.2) is 0 Å². The Morgan fingerprint density at radius 1 is 1.05 bits per heavy atom. The third-order valence-corrected chi connectivity index (χ3v) is 5.01. The molecule has 2 heteroatoms. The SMILES string of the molecule is CCCN(CCc1ccccc1)C1CC2CCC(C1)N2. The molecule has 1 aromatic rings. The van der Waals surface area contributed by atoms with E-state index >= 15 is 0 Å². The van der Waals surface area contributed by atoms with Crippen LogP contribution < -0.4 is 5.32 Å². The van der Waals surface area contributed by atoms with Gasteiger partial charge in [-0.1, -0.05) is 37.3 Å². The highest BCUT2D eigenvalue weighted by Crippen LogP contribution is 2.29. The summed E-state index contributed by atoms with van der Waals surface area (Å²) in [6.07, 6.45) is 8.00. The maximum atomic E-state index is 3.76. The van der Waals surface area contributed by atoms with E-state index in [2.05, 4.69) is 47.5 Å². The summed E-state index contributed by atoms with van der Waals surface area (Å²) in [6, 6.07) is 13.4. The monoisotopic (exact) mass is 272 g/mol.